The quantitative estimate of drug-likeness (QED) is 0.224. The van der Waals surface area contributed by atoms with Crippen LogP contribution in [0.4, 0.5) is 11.4 Å². The SMILES string of the molecule is COCC(=O)Nc1ccc(N2C(=S)N[C@@H](c3ccccn3)[C@@H]2c2ccc(-c3ccc(Cl)cc3Cl)o2)cc1Cl. The molecule has 0 spiro atoms. The first-order valence-corrected chi connectivity index (χ1v) is 13.0. The lowest BCUT2D eigenvalue weighted by atomic mass is 10.0. The van der Waals surface area contributed by atoms with E-state index in [1.807, 2.05) is 47.4 Å². The molecule has 194 valence electrons. The summed E-state index contributed by atoms with van der Waals surface area (Å²) in [6.45, 7) is -0.0789. The van der Waals surface area contributed by atoms with Crippen LogP contribution in [0.5, 0.6) is 0 Å². The number of halogens is 3. The molecule has 4 aromatic rings. The zero-order valence-corrected chi connectivity index (χ0v) is 23.0. The van der Waals surface area contributed by atoms with Gasteiger partial charge in [-0.2, -0.15) is 0 Å². The van der Waals surface area contributed by atoms with Gasteiger partial charge in [-0.3, -0.25) is 9.78 Å². The van der Waals surface area contributed by atoms with Crippen LogP contribution in [0.2, 0.25) is 15.1 Å². The normalized spacial score (nSPS) is 16.9. The summed E-state index contributed by atoms with van der Waals surface area (Å²) in [6, 6.07) is 19.3. The molecular formula is C27H21Cl3N4O3S. The van der Waals surface area contributed by atoms with E-state index in [2.05, 4.69) is 15.6 Å². The van der Waals surface area contributed by atoms with Crippen LogP contribution < -0.4 is 15.5 Å². The van der Waals surface area contributed by atoms with E-state index in [0.717, 1.165) is 11.3 Å². The number of benzene rings is 2. The predicted octanol–water partition coefficient (Wildman–Crippen LogP) is 7.06. The van der Waals surface area contributed by atoms with E-state index in [1.165, 1.54) is 7.11 Å². The molecule has 0 bridgehead atoms. The molecule has 1 saturated heterocycles. The topological polar surface area (TPSA) is 79.6 Å². The predicted molar refractivity (Wildman–Crippen MR) is 154 cm³/mol. The Hall–Kier alpha value is -3.14. The molecule has 38 heavy (non-hydrogen) atoms. The van der Waals surface area contributed by atoms with Crippen LogP contribution in [0.1, 0.15) is 23.5 Å². The second kappa shape index (κ2) is 11.3. The minimum atomic E-state index is -0.401. The van der Waals surface area contributed by atoms with E-state index >= 15 is 0 Å². The number of amides is 1. The molecule has 2 atom stereocenters. The van der Waals surface area contributed by atoms with Crippen molar-refractivity contribution >= 4 is 69.4 Å². The fraction of sp³-hybridized carbons (Fsp3) is 0.148. The van der Waals surface area contributed by atoms with Gasteiger partial charge in [0.25, 0.3) is 0 Å². The zero-order chi connectivity index (χ0) is 26.8. The lowest BCUT2D eigenvalue weighted by molar-refractivity contribution is -0.119. The molecule has 7 nitrogen and oxygen atoms in total. The van der Waals surface area contributed by atoms with Gasteiger partial charge < -0.3 is 24.7 Å². The maximum atomic E-state index is 12.0. The molecule has 5 rings (SSSR count). The molecule has 11 heteroatoms. The third-order valence-corrected chi connectivity index (χ3v) is 7.17. The molecule has 0 radical (unpaired) electrons. The fourth-order valence-electron chi connectivity index (χ4n) is 4.34. The number of hydrogen-bond donors (Lipinski definition) is 2. The molecular weight excluding hydrogens is 567 g/mol. The number of nitrogens with one attached hydrogen (secondary N) is 2. The molecule has 1 amide bonds. The Bertz CT molecular complexity index is 1500. The zero-order valence-electron chi connectivity index (χ0n) is 20.0. The van der Waals surface area contributed by atoms with Crippen molar-refractivity contribution in [2.75, 3.05) is 23.9 Å². The molecule has 2 aromatic heterocycles. The largest absolute Gasteiger partial charge is 0.459 e. The number of thiocarbonyl (C=S) groups is 1. The Balaban J connectivity index is 1.55. The van der Waals surface area contributed by atoms with Crippen molar-refractivity contribution in [3.05, 3.63) is 99.4 Å². The lowest BCUT2D eigenvalue weighted by Crippen LogP contribution is -2.29. The summed E-state index contributed by atoms with van der Waals surface area (Å²) in [5.41, 5.74) is 2.68. The van der Waals surface area contributed by atoms with Crippen LogP contribution in [0.15, 0.2) is 77.3 Å². The van der Waals surface area contributed by atoms with Gasteiger partial charge in [-0.15, -0.1) is 0 Å². The van der Waals surface area contributed by atoms with Gasteiger partial charge in [-0.05, 0) is 72.9 Å². The summed E-state index contributed by atoms with van der Waals surface area (Å²) in [5.74, 6) is 0.925. The van der Waals surface area contributed by atoms with Crippen molar-refractivity contribution in [2.45, 2.75) is 12.1 Å². The van der Waals surface area contributed by atoms with Crippen molar-refractivity contribution in [1.29, 1.82) is 0 Å². The van der Waals surface area contributed by atoms with Crippen LogP contribution in [0.25, 0.3) is 11.3 Å². The number of aromatic nitrogens is 1. The molecule has 1 aliphatic rings. The highest BCUT2D eigenvalue weighted by Gasteiger charge is 2.42. The smallest absolute Gasteiger partial charge is 0.250 e. The van der Waals surface area contributed by atoms with Crippen molar-refractivity contribution in [1.82, 2.24) is 10.3 Å². The van der Waals surface area contributed by atoms with Gasteiger partial charge in [-0.1, -0.05) is 40.9 Å². The number of rotatable bonds is 7. The highest BCUT2D eigenvalue weighted by molar-refractivity contribution is 7.80. The Kier molecular flexibility index (Phi) is 7.88. The molecule has 2 N–H and O–H groups in total. The van der Waals surface area contributed by atoms with E-state index in [0.29, 0.717) is 43.1 Å². The summed E-state index contributed by atoms with van der Waals surface area (Å²) >= 11 is 24.8. The molecule has 0 saturated carbocycles. The number of anilines is 2. The van der Waals surface area contributed by atoms with E-state index in [9.17, 15) is 4.79 Å². The Morgan fingerprint density at radius 2 is 1.95 bits per heavy atom. The summed E-state index contributed by atoms with van der Waals surface area (Å²) in [6.07, 6.45) is 1.73. The van der Waals surface area contributed by atoms with E-state index < -0.39 is 6.04 Å². The average molecular weight is 588 g/mol. The van der Waals surface area contributed by atoms with Crippen molar-refractivity contribution in [3.8, 4) is 11.3 Å². The van der Waals surface area contributed by atoms with Gasteiger partial charge >= 0.3 is 0 Å². The Labute approximate surface area is 239 Å². The van der Waals surface area contributed by atoms with Gasteiger partial charge in [0.15, 0.2) is 5.11 Å². The standard InChI is InChI=1S/C27H21Cl3N4O3S/c1-36-14-24(35)32-20-8-6-16(13-19(20)30)34-26(25(33-27(34)38)21-4-2-3-11-31-21)23-10-9-22(37-23)17-7-5-15(28)12-18(17)29/h2-13,25-26H,14H2,1H3,(H,32,35)(H,33,38)/t25-,26-/m0/s1. The van der Waals surface area contributed by atoms with Crippen LogP contribution in [0.3, 0.4) is 0 Å². The molecule has 2 aromatic carbocycles. The minimum absolute atomic E-state index is 0.0789. The van der Waals surface area contributed by atoms with E-state index in [1.54, 1.807) is 30.5 Å². The molecule has 1 aliphatic heterocycles. The van der Waals surface area contributed by atoms with Crippen molar-refractivity contribution in [3.63, 3.8) is 0 Å². The molecule has 0 aliphatic carbocycles. The van der Waals surface area contributed by atoms with Gasteiger partial charge in [-0.25, -0.2) is 0 Å². The number of carbonyl (C=O) groups excluding carboxylic acids is 1. The lowest BCUT2D eigenvalue weighted by Gasteiger charge is -2.26. The van der Waals surface area contributed by atoms with Crippen LogP contribution in [-0.2, 0) is 9.53 Å². The number of furan rings is 1. The molecule has 0 unspecified atom stereocenters. The fourth-order valence-corrected chi connectivity index (χ4v) is 5.41. The number of pyridine rings is 1. The van der Waals surface area contributed by atoms with Crippen molar-refractivity contribution in [2.24, 2.45) is 0 Å². The number of nitrogens with zero attached hydrogens (tertiary/aromatic N) is 2. The summed E-state index contributed by atoms with van der Waals surface area (Å²) in [7, 11) is 1.45. The summed E-state index contributed by atoms with van der Waals surface area (Å²) < 4.78 is 11.2. The number of methoxy groups -OCH3 is 1. The Morgan fingerprint density at radius 3 is 2.66 bits per heavy atom. The summed E-state index contributed by atoms with van der Waals surface area (Å²) in [4.78, 5) is 18.5. The van der Waals surface area contributed by atoms with Gasteiger partial charge in [0, 0.05) is 29.6 Å². The van der Waals surface area contributed by atoms with Crippen molar-refractivity contribution < 1.29 is 13.9 Å². The van der Waals surface area contributed by atoms with E-state index in [4.69, 9.17) is 56.2 Å². The highest BCUT2D eigenvalue weighted by atomic mass is 35.5. The molecule has 3 heterocycles. The maximum absolute atomic E-state index is 12.0. The Morgan fingerprint density at radius 1 is 1.11 bits per heavy atom. The number of hydrogen-bond acceptors (Lipinski definition) is 5. The van der Waals surface area contributed by atoms with Crippen LogP contribution in [0, 0.1) is 0 Å². The summed E-state index contributed by atoms with van der Waals surface area (Å²) in [5, 5.41) is 7.96. The second-order valence-electron chi connectivity index (χ2n) is 8.47. The second-order valence-corrected chi connectivity index (χ2v) is 10.1. The monoisotopic (exact) mass is 586 g/mol. The maximum Gasteiger partial charge on any atom is 0.250 e. The highest BCUT2D eigenvalue weighted by Crippen LogP contribution is 2.44. The van der Waals surface area contributed by atoms with E-state index in [-0.39, 0.29) is 18.6 Å². The first-order valence-electron chi connectivity index (χ1n) is 11.5. The molecule has 1 fully saturated rings. The third kappa shape index (κ3) is 5.36. The number of carbonyl (C=O) groups is 1. The number of ether oxygens (including phenoxy) is 1. The van der Waals surface area contributed by atoms with Crippen LogP contribution in [-0.4, -0.2) is 29.7 Å². The van der Waals surface area contributed by atoms with Gasteiger partial charge in [0.2, 0.25) is 5.91 Å². The third-order valence-electron chi connectivity index (χ3n) is 5.99. The van der Waals surface area contributed by atoms with Gasteiger partial charge in [0.05, 0.1) is 27.5 Å². The first kappa shape index (κ1) is 26.5. The average Bonchev–Trinajstić information content (AvgIpc) is 3.50. The minimum Gasteiger partial charge on any atom is -0.459 e. The first-order chi connectivity index (χ1) is 18.4. The van der Waals surface area contributed by atoms with Gasteiger partial charge in [0.1, 0.15) is 24.2 Å². The van der Waals surface area contributed by atoms with Crippen LogP contribution >= 0.6 is 47.0 Å².